The first-order valence-corrected chi connectivity index (χ1v) is 3.81. The van der Waals surface area contributed by atoms with Crippen molar-refractivity contribution in [1.29, 1.82) is 0 Å². The molecule has 12 heavy (non-hydrogen) atoms. The predicted octanol–water partition coefficient (Wildman–Crippen LogP) is 1.47. The molecule has 3 heteroatoms. The lowest BCUT2D eigenvalue weighted by Crippen LogP contribution is -1.97. The normalized spacial score (nSPS) is 11.1. The van der Waals surface area contributed by atoms with E-state index in [0.29, 0.717) is 12.8 Å². The lowest BCUT2D eigenvalue weighted by Gasteiger charge is -1.97. The number of ketones is 1. The van der Waals surface area contributed by atoms with Gasteiger partial charge in [0.2, 0.25) is 0 Å². The molecule has 0 aliphatic rings. The van der Waals surface area contributed by atoms with Gasteiger partial charge in [-0.1, -0.05) is 5.57 Å². The van der Waals surface area contributed by atoms with Crippen LogP contribution in [0, 0.1) is 0 Å². The van der Waals surface area contributed by atoms with Gasteiger partial charge in [-0.25, -0.2) is 4.79 Å². The van der Waals surface area contributed by atoms with Crippen molar-refractivity contribution in [2.24, 2.45) is 0 Å². The fourth-order valence-electron chi connectivity index (χ4n) is 0.705. The van der Waals surface area contributed by atoms with Crippen molar-refractivity contribution in [2.45, 2.75) is 26.7 Å². The second-order valence-electron chi connectivity index (χ2n) is 2.72. The van der Waals surface area contributed by atoms with Crippen LogP contribution in [-0.4, -0.2) is 18.9 Å². The molecule has 0 aliphatic carbocycles. The van der Waals surface area contributed by atoms with E-state index < -0.39 is 0 Å². The van der Waals surface area contributed by atoms with Gasteiger partial charge in [0.15, 0.2) is 0 Å². The summed E-state index contributed by atoms with van der Waals surface area (Å²) in [5.74, 6) is -0.233. The SMILES string of the molecule is COC(=O)/C=C(\C)CCC(C)=O. The first-order valence-electron chi connectivity index (χ1n) is 3.81. The highest BCUT2D eigenvalue weighted by Crippen LogP contribution is 2.04. The number of methoxy groups -OCH3 is 1. The summed E-state index contributed by atoms with van der Waals surface area (Å²) in [6.45, 7) is 3.34. The van der Waals surface area contributed by atoms with Crippen LogP contribution < -0.4 is 0 Å². The van der Waals surface area contributed by atoms with Gasteiger partial charge in [-0.05, 0) is 20.3 Å². The molecule has 68 valence electrons. The molecule has 0 aromatic rings. The van der Waals surface area contributed by atoms with Crippen LogP contribution in [0.15, 0.2) is 11.6 Å². The number of hydrogen-bond donors (Lipinski definition) is 0. The Labute approximate surface area is 72.4 Å². The molecule has 0 amide bonds. The maximum atomic E-state index is 10.7. The average molecular weight is 170 g/mol. The minimum Gasteiger partial charge on any atom is -0.466 e. The van der Waals surface area contributed by atoms with Crippen LogP contribution in [0.4, 0.5) is 0 Å². The minimum absolute atomic E-state index is 0.132. The van der Waals surface area contributed by atoms with Crippen molar-refractivity contribution < 1.29 is 14.3 Å². The molecular weight excluding hydrogens is 156 g/mol. The van der Waals surface area contributed by atoms with Gasteiger partial charge in [0.25, 0.3) is 0 Å². The van der Waals surface area contributed by atoms with Crippen LogP contribution in [0.2, 0.25) is 0 Å². The van der Waals surface area contributed by atoms with Crippen LogP contribution >= 0.6 is 0 Å². The van der Waals surface area contributed by atoms with Gasteiger partial charge in [-0.15, -0.1) is 0 Å². The summed E-state index contributed by atoms with van der Waals surface area (Å²) >= 11 is 0. The van der Waals surface area contributed by atoms with E-state index in [9.17, 15) is 9.59 Å². The van der Waals surface area contributed by atoms with Crippen LogP contribution in [0.3, 0.4) is 0 Å². The summed E-state index contributed by atoms with van der Waals surface area (Å²) in [6, 6.07) is 0. The third-order valence-corrected chi connectivity index (χ3v) is 1.44. The molecule has 0 aliphatic heterocycles. The highest BCUT2D eigenvalue weighted by atomic mass is 16.5. The number of esters is 1. The number of ether oxygens (including phenoxy) is 1. The highest BCUT2D eigenvalue weighted by molar-refractivity contribution is 5.82. The molecule has 0 atom stereocenters. The fourth-order valence-corrected chi connectivity index (χ4v) is 0.705. The monoisotopic (exact) mass is 170 g/mol. The Morgan fingerprint density at radius 1 is 1.25 bits per heavy atom. The summed E-state index contributed by atoms with van der Waals surface area (Å²) in [7, 11) is 1.33. The Hall–Kier alpha value is -1.12. The highest BCUT2D eigenvalue weighted by Gasteiger charge is 1.98. The Morgan fingerprint density at radius 3 is 2.25 bits per heavy atom. The largest absolute Gasteiger partial charge is 0.466 e. The van der Waals surface area contributed by atoms with Gasteiger partial charge in [0, 0.05) is 12.5 Å². The Morgan fingerprint density at radius 2 is 1.83 bits per heavy atom. The third kappa shape index (κ3) is 5.65. The molecule has 0 saturated heterocycles. The summed E-state index contributed by atoms with van der Waals surface area (Å²) in [4.78, 5) is 21.2. The van der Waals surface area contributed by atoms with Crippen molar-refractivity contribution in [2.75, 3.05) is 7.11 Å². The summed E-state index contributed by atoms with van der Waals surface area (Å²) in [5, 5.41) is 0. The van der Waals surface area contributed by atoms with Crippen molar-refractivity contribution in [1.82, 2.24) is 0 Å². The zero-order chi connectivity index (χ0) is 9.56. The van der Waals surface area contributed by atoms with Gasteiger partial charge in [0.05, 0.1) is 7.11 Å². The second-order valence-corrected chi connectivity index (χ2v) is 2.72. The summed E-state index contributed by atoms with van der Waals surface area (Å²) in [6.07, 6.45) is 2.52. The zero-order valence-corrected chi connectivity index (χ0v) is 7.72. The topological polar surface area (TPSA) is 43.4 Å². The van der Waals surface area contributed by atoms with Crippen LogP contribution in [0.1, 0.15) is 26.7 Å². The lowest BCUT2D eigenvalue weighted by atomic mass is 10.1. The predicted molar refractivity (Wildman–Crippen MR) is 45.7 cm³/mol. The molecule has 0 fully saturated rings. The molecule has 0 rings (SSSR count). The number of allylic oxidation sites excluding steroid dienone is 1. The standard InChI is InChI=1S/C9H14O3/c1-7(4-5-8(2)10)6-9(11)12-3/h6H,4-5H2,1-3H3/b7-6+. The van der Waals surface area contributed by atoms with Crippen molar-refractivity contribution in [3.05, 3.63) is 11.6 Å². The van der Waals surface area contributed by atoms with Gasteiger partial charge in [-0.3, -0.25) is 0 Å². The maximum absolute atomic E-state index is 10.7. The third-order valence-electron chi connectivity index (χ3n) is 1.44. The molecule has 0 heterocycles. The first-order chi connectivity index (χ1) is 5.56. The summed E-state index contributed by atoms with van der Waals surface area (Å²) in [5.41, 5.74) is 0.872. The van der Waals surface area contributed by atoms with E-state index in [1.165, 1.54) is 20.1 Å². The van der Waals surface area contributed by atoms with Crippen molar-refractivity contribution >= 4 is 11.8 Å². The number of hydrogen-bond acceptors (Lipinski definition) is 3. The molecule has 0 spiro atoms. The Balaban J connectivity index is 3.85. The molecule has 0 N–H and O–H groups in total. The Bertz CT molecular complexity index is 204. The van der Waals surface area contributed by atoms with E-state index in [1.807, 2.05) is 0 Å². The van der Waals surface area contributed by atoms with Crippen LogP contribution in [-0.2, 0) is 14.3 Å². The molecule has 3 nitrogen and oxygen atoms in total. The quantitative estimate of drug-likeness (QED) is 0.474. The maximum Gasteiger partial charge on any atom is 0.330 e. The van der Waals surface area contributed by atoms with E-state index >= 15 is 0 Å². The minimum atomic E-state index is -0.365. The fraction of sp³-hybridized carbons (Fsp3) is 0.556. The van der Waals surface area contributed by atoms with Crippen molar-refractivity contribution in [3.63, 3.8) is 0 Å². The van der Waals surface area contributed by atoms with E-state index in [2.05, 4.69) is 4.74 Å². The number of carbonyl (C=O) groups is 2. The van der Waals surface area contributed by atoms with Crippen LogP contribution in [0.5, 0.6) is 0 Å². The van der Waals surface area contributed by atoms with E-state index in [1.54, 1.807) is 6.92 Å². The van der Waals surface area contributed by atoms with Gasteiger partial charge in [-0.2, -0.15) is 0 Å². The van der Waals surface area contributed by atoms with Crippen molar-refractivity contribution in [3.8, 4) is 0 Å². The lowest BCUT2D eigenvalue weighted by molar-refractivity contribution is -0.135. The molecule has 0 bridgehead atoms. The van der Waals surface area contributed by atoms with E-state index in [0.717, 1.165) is 5.57 Å². The Kier molecular flexibility index (Phi) is 5.00. The van der Waals surface area contributed by atoms with Gasteiger partial charge >= 0.3 is 5.97 Å². The van der Waals surface area contributed by atoms with Gasteiger partial charge in [0.1, 0.15) is 5.78 Å². The number of Topliss-reactive ketones (excluding diaryl/α,β-unsaturated/α-hetero) is 1. The average Bonchev–Trinajstić information content (AvgIpc) is 2.00. The molecule has 0 radical (unpaired) electrons. The number of carbonyl (C=O) groups excluding carboxylic acids is 2. The molecule has 0 aromatic heterocycles. The first kappa shape index (κ1) is 10.9. The van der Waals surface area contributed by atoms with E-state index in [-0.39, 0.29) is 11.8 Å². The molecule has 0 aromatic carbocycles. The van der Waals surface area contributed by atoms with Crippen LogP contribution in [0.25, 0.3) is 0 Å². The van der Waals surface area contributed by atoms with E-state index in [4.69, 9.17) is 0 Å². The summed E-state index contributed by atoms with van der Waals surface area (Å²) < 4.78 is 4.43. The molecular formula is C9H14O3. The smallest absolute Gasteiger partial charge is 0.330 e. The zero-order valence-electron chi connectivity index (χ0n) is 7.72. The number of rotatable bonds is 4. The second kappa shape index (κ2) is 5.52. The molecule has 0 unspecified atom stereocenters. The molecule has 0 saturated carbocycles. The van der Waals surface area contributed by atoms with Gasteiger partial charge < -0.3 is 9.53 Å².